The maximum atomic E-state index is 13.6. The molecule has 0 saturated carbocycles. The SMILES string of the molecule is CCCN1C(=O)[C@@H]2[C@@H](CC(COc3ccccc3)=C3[C@@H](CC/C(=C/c4cc(C)c(O)c(C)c4)c4ccccc4)OC[C@@H]32)C1=O. The molecular weight excluding hydrogens is 550 g/mol. The van der Waals surface area contributed by atoms with Crippen LogP contribution in [-0.2, 0) is 14.3 Å². The third-order valence-corrected chi connectivity index (χ3v) is 9.38. The van der Waals surface area contributed by atoms with Crippen molar-refractivity contribution < 1.29 is 24.2 Å². The molecule has 3 aromatic rings. The molecule has 0 aromatic heterocycles. The second-order valence-electron chi connectivity index (χ2n) is 12.3. The van der Waals surface area contributed by atoms with Gasteiger partial charge in [0.2, 0.25) is 11.8 Å². The van der Waals surface area contributed by atoms with Crippen LogP contribution in [0.15, 0.2) is 83.9 Å². The number of ether oxygens (including phenoxy) is 2. The van der Waals surface area contributed by atoms with E-state index in [1.807, 2.05) is 81.4 Å². The minimum atomic E-state index is -0.360. The van der Waals surface area contributed by atoms with Crippen molar-refractivity contribution in [3.05, 3.63) is 106 Å². The molecule has 1 aliphatic carbocycles. The Bertz CT molecular complexity index is 1570. The van der Waals surface area contributed by atoms with Gasteiger partial charge in [-0.05, 0) is 103 Å². The molecule has 0 radical (unpaired) electrons. The van der Waals surface area contributed by atoms with Crippen molar-refractivity contribution in [2.45, 2.75) is 52.6 Å². The third-order valence-electron chi connectivity index (χ3n) is 9.38. The lowest BCUT2D eigenvalue weighted by molar-refractivity contribution is -0.140. The van der Waals surface area contributed by atoms with Crippen LogP contribution in [0.5, 0.6) is 11.5 Å². The van der Waals surface area contributed by atoms with E-state index in [4.69, 9.17) is 9.47 Å². The molecule has 2 heterocycles. The van der Waals surface area contributed by atoms with Gasteiger partial charge in [-0.2, -0.15) is 0 Å². The Labute approximate surface area is 260 Å². The van der Waals surface area contributed by atoms with E-state index >= 15 is 0 Å². The number of amides is 2. The number of likely N-dealkylation sites (tertiary alicyclic amines) is 1. The van der Waals surface area contributed by atoms with E-state index in [9.17, 15) is 14.7 Å². The van der Waals surface area contributed by atoms with E-state index in [-0.39, 0.29) is 35.7 Å². The molecule has 4 atom stereocenters. The predicted octanol–water partition coefficient (Wildman–Crippen LogP) is 7.14. The first-order valence-corrected chi connectivity index (χ1v) is 15.8. The van der Waals surface area contributed by atoms with Gasteiger partial charge in [-0.15, -0.1) is 0 Å². The summed E-state index contributed by atoms with van der Waals surface area (Å²) in [5.74, 6) is 0.207. The minimum Gasteiger partial charge on any atom is -0.507 e. The van der Waals surface area contributed by atoms with Crippen molar-refractivity contribution in [2.75, 3.05) is 19.8 Å². The summed E-state index contributed by atoms with van der Waals surface area (Å²) in [6, 6.07) is 24.1. The normalized spacial score (nSPS) is 23.2. The summed E-state index contributed by atoms with van der Waals surface area (Å²) in [6.45, 7) is 7.13. The number of imide groups is 1. The zero-order chi connectivity index (χ0) is 30.8. The highest BCUT2D eigenvalue weighted by Gasteiger charge is 2.56. The Morgan fingerprint density at radius 1 is 0.977 bits per heavy atom. The van der Waals surface area contributed by atoms with Gasteiger partial charge in [0.25, 0.3) is 0 Å². The largest absolute Gasteiger partial charge is 0.507 e. The molecular formula is C38H41NO5. The van der Waals surface area contributed by atoms with Crippen molar-refractivity contribution in [1.29, 1.82) is 0 Å². The van der Waals surface area contributed by atoms with E-state index in [1.165, 1.54) is 10.5 Å². The van der Waals surface area contributed by atoms with Crippen molar-refractivity contribution >= 4 is 23.5 Å². The van der Waals surface area contributed by atoms with Gasteiger partial charge >= 0.3 is 0 Å². The first kappa shape index (κ1) is 29.9. The molecule has 3 aliphatic rings. The lowest BCUT2D eigenvalue weighted by Crippen LogP contribution is -2.35. The van der Waals surface area contributed by atoms with E-state index in [0.717, 1.165) is 58.4 Å². The zero-order valence-corrected chi connectivity index (χ0v) is 25.8. The standard InChI is InChI=1S/C38H41NO5/c1-4-17-39-37(41)31-21-29(22-43-30-13-9-6-10-14-30)34-32(35(31)38(39)42)23-44-33(34)16-15-28(27-11-7-5-8-12-27)20-26-18-24(2)36(40)25(3)19-26/h5-14,18-20,31-33,35,40H,4,15-17,21-23H2,1-3H3/b28-20-/t31-,32+,33-,35-/m1/s1. The number of hydrogen-bond donors (Lipinski definition) is 1. The molecule has 0 bridgehead atoms. The van der Waals surface area contributed by atoms with Gasteiger partial charge in [0, 0.05) is 12.5 Å². The summed E-state index contributed by atoms with van der Waals surface area (Å²) in [5.41, 5.74) is 7.32. The van der Waals surface area contributed by atoms with E-state index in [0.29, 0.717) is 31.9 Å². The monoisotopic (exact) mass is 591 g/mol. The van der Waals surface area contributed by atoms with Crippen molar-refractivity contribution in [3.8, 4) is 11.5 Å². The van der Waals surface area contributed by atoms with Crippen LogP contribution in [0.2, 0.25) is 0 Å². The maximum Gasteiger partial charge on any atom is 0.233 e. The minimum absolute atomic E-state index is 0.0421. The number of aromatic hydroxyl groups is 1. The Balaban J connectivity index is 1.31. The van der Waals surface area contributed by atoms with Crippen LogP contribution in [0.3, 0.4) is 0 Å². The summed E-state index contributed by atoms with van der Waals surface area (Å²) in [4.78, 5) is 28.5. The molecule has 2 aliphatic heterocycles. The smallest absolute Gasteiger partial charge is 0.233 e. The molecule has 6 heteroatoms. The third kappa shape index (κ3) is 5.83. The zero-order valence-electron chi connectivity index (χ0n) is 25.8. The first-order chi connectivity index (χ1) is 21.4. The molecule has 2 saturated heterocycles. The molecule has 44 heavy (non-hydrogen) atoms. The van der Waals surface area contributed by atoms with Crippen LogP contribution in [0, 0.1) is 31.6 Å². The number of benzene rings is 3. The van der Waals surface area contributed by atoms with Crippen molar-refractivity contribution in [1.82, 2.24) is 4.90 Å². The molecule has 0 spiro atoms. The Morgan fingerprint density at radius 2 is 1.66 bits per heavy atom. The number of carbonyl (C=O) groups excluding carboxylic acids is 2. The highest BCUT2D eigenvalue weighted by atomic mass is 16.5. The predicted molar refractivity (Wildman–Crippen MR) is 172 cm³/mol. The average molecular weight is 592 g/mol. The van der Waals surface area contributed by atoms with Gasteiger partial charge in [-0.25, -0.2) is 0 Å². The Morgan fingerprint density at radius 3 is 2.34 bits per heavy atom. The quantitative estimate of drug-likeness (QED) is 0.154. The maximum absolute atomic E-state index is 13.6. The van der Waals surface area contributed by atoms with Crippen LogP contribution in [-0.4, -0.2) is 47.7 Å². The van der Waals surface area contributed by atoms with Crippen LogP contribution in [0.25, 0.3) is 11.6 Å². The second-order valence-corrected chi connectivity index (χ2v) is 12.3. The summed E-state index contributed by atoms with van der Waals surface area (Å²) < 4.78 is 12.7. The van der Waals surface area contributed by atoms with Crippen LogP contribution in [0.4, 0.5) is 0 Å². The number of carbonyl (C=O) groups is 2. The highest BCUT2D eigenvalue weighted by molar-refractivity contribution is 6.06. The molecule has 6 nitrogen and oxygen atoms in total. The molecule has 2 amide bonds. The topological polar surface area (TPSA) is 76.1 Å². The van der Waals surface area contributed by atoms with Crippen LogP contribution in [0.1, 0.15) is 54.9 Å². The molecule has 1 N–H and O–H groups in total. The number of aryl methyl sites for hydroxylation is 2. The first-order valence-electron chi connectivity index (χ1n) is 15.8. The fourth-order valence-electron chi connectivity index (χ4n) is 7.31. The summed E-state index contributed by atoms with van der Waals surface area (Å²) in [5, 5.41) is 10.3. The molecule has 6 rings (SSSR count). The second kappa shape index (κ2) is 12.8. The lowest BCUT2D eigenvalue weighted by atomic mass is 9.69. The van der Waals surface area contributed by atoms with E-state index in [2.05, 4.69) is 18.2 Å². The van der Waals surface area contributed by atoms with Gasteiger partial charge in [0.15, 0.2) is 0 Å². The van der Waals surface area contributed by atoms with Gasteiger partial charge in [-0.1, -0.05) is 61.5 Å². The van der Waals surface area contributed by atoms with Crippen LogP contribution < -0.4 is 4.74 Å². The fourth-order valence-corrected chi connectivity index (χ4v) is 7.31. The van der Waals surface area contributed by atoms with E-state index < -0.39 is 0 Å². The highest BCUT2D eigenvalue weighted by Crippen LogP contribution is 2.50. The number of para-hydroxylation sites is 1. The molecule has 228 valence electrons. The van der Waals surface area contributed by atoms with Gasteiger partial charge < -0.3 is 14.6 Å². The number of nitrogens with zero attached hydrogens (tertiary/aromatic N) is 1. The van der Waals surface area contributed by atoms with Crippen molar-refractivity contribution in [3.63, 3.8) is 0 Å². The molecule has 2 fully saturated rings. The summed E-state index contributed by atoms with van der Waals surface area (Å²) in [7, 11) is 0. The average Bonchev–Trinajstić information content (AvgIpc) is 3.56. The summed E-state index contributed by atoms with van der Waals surface area (Å²) >= 11 is 0. The number of fused-ring (bicyclic) bond motifs is 3. The Hall–Kier alpha value is -4.16. The number of phenols is 1. The fraction of sp³-hybridized carbons (Fsp3) is 0.368. The number of rotatable bonds is 10. The van der Waals surface area contributed by atoms with Gasteiger partial charge in [-0.3, -0.25) is 14.5 Å². The summed E-state index contributed by atoms with van der Waals surface area (Å²) in [6.07, 6.45) is 4.83. The Kier molecular flexibility index (Phi) is 8.72. The van der Waals surface area contributed by atoms with Crippen LogP contribution >= 0.6 is 0 Å². The van der Waals surface area contributed by atoms with Gasteiger partial charge in [0.05, 0.1) is 24.5 Å². The molecule has 0 unspecified atom stereocenters. The molecule has 3 aromatic carbocycles. The number of phenolic OH excluding ortho intramolecular Hbond substituents is 1. The number of hydrogen-bond acceptors (Lipinski definition) is 5. The van der Waals surface area contributed by atoms with Gasteiger partial charge in [0.1, 0.15) is 18.1 Å². The number of allylic oxidation sites excluding steroid dienone is 1. The van der Waals surface area contributed by atoms with Crippen molar-refractivity contribution in [2.24, 2.45) is 17.8 Å². The lowest BCUT2D eigenvalue weighted by Gasteiger charge is -2.32. The van der Waals surface area contributed by atoms with E-state index in [1.54, 1.807) is 0 Å².